The molecule has 2 unspecified atom stereocenters. The van der Waals surface area contributed by atoms with Crippen LogP contribution in [-0.2, 0) is 10.2 Å². The number of para-hydroxylation sites is 1. The monoisotopic (exact) mass is 465 g/mol. The zero-order chi connectivity index (χ0) is 24.8. The Labute approximate surface area is 206 Å². The highest BCUT2D eigenvalue weighted by molar-refractivity contribution is 6.03. The fourth-order valence-corrected chi connectivity index (χ4v) is 5.33. The predicted molar refractivity (Wildman–Crippen MR) is 139 cm³/mol. The molecule has 0 fully saturated rings. The number of carbonyl (C=O) groups excluding carboxylic acids is 2. The van der Waals surface area contributed by atoms with Crippen molar-refractivity contribution in [1.29, 1.82) is 0 Å². The molecular formula is C30H31N3O2. The minimum Gasteiger partial charge on any atom is -0.349 e. The van der Waals surface area contributed by atoms with E-state index in [1.54, 1.807) is 4.90 Å². The number of hydrogen-bond donors (Lipinski definition) is 1. The highest BCUT2D eigenvalue weighted by atomic mass is 16.2. The zero-order valence-electron chi connectivity index (χ0n) is 20.7. The van der Waals surface area contributed by atoms with E-state index in [-0.39, 0.29) is 11.8 Å². The van der Waals surface area contributed by atoms with Gasteiger partial charge in [0.2, 0.25) is 5.91 Å². The van der Waals surface area contributed by atoms with Crippen LogP contribution in [0.1, 0.15) is 65.8 Å². The van der Waals surface area contributed by atoms with Crippen molar-refractivity contribution in [3.05, 3.63) is 101 Å². The number of aliphatic imine (C=N–C) groups is 1. The number of nitrogens with zero attached hydrogens (tertiary/aromatic N) is 2. The summed E-state index contributed by atoms with van der Waals surface area (Å²) in [5.74, 6) is -0.307. The summed E-state index contributed by atoms with van der Waals surface area (Å²) in [6, 6.07) is 23.1. The molecule has 178 valence electrons. The Morgan fingerprint density at radius 3 is 2.46 bits per heavy atom. The second kappa shape index (κ2) is 8.49. The first-order valence-corrected chi connectivity index (χ1v) is 12.1. The molecule has 1 N–H and O–H groups in total. The lowest BCUT2D eigenvalue weighted by Gasteiger charge is -2.33. The highest BCUT2D eigenvalue weighted by Crippen LogP contribution is 2.47. The van der Waals surface area contributed by atoms with Crippen molar-refractivity contribution in [1.82, 2.24) is 10.2 Å². The molecule has 0 aliphatic carbocycles. The fraction of sp³-hybridized carbons (Fsp3) is 0.300. The first-order chi connectivity index (χ1) is 16.7. The van der Waals surface area contributed by atoms with Gasteiger partial charge >= 0.3 is 0 Å². The van der Waals surface area contributed by atoms with Crippen LogP contribution in [0, 0.1) is 6.92 Å². The van der Waals surface area contributed by atoms with Crippen LogP contribution in [0.3, 0.4) is 0 Å². The Hall–Kier alpha value is -3.73. The molecule has 0 bridgehead atoms. The number of amides is 2. The van der Waals surface area contributed by atoms with E-state index in [9.17, 15) is 9.59 Å². The molecule has 2 heterocycles. The summed E-state index contributed by atoms with van der Waals surface area (Å²) in [6.45, 7) is 8.28. The average molecular weight is 466 g/mol. The van der Waals surface area contributed by atoms with Crippen LogP contribution < -0.4 is 5.32 Å². The van der Waals surface area contributed by atoms with Gasteiger partial charge in [-0.3, -0.25) is 14.6 Å². The molecule has 3 aromatic rings. The van der Waals surface area contributed by atoms with Crippen molar-refractivity contribution in [3.8, 4) is 0 Å². The first kappa shape index (κ1) is 23.0. The van der Waals surface area contributed by atoms with E-state index in [1.807, 2.05) is 88.5 Å². The number of carbonyl (C=O) groups is 2. The van der Waals surface area contributed by atoms with Crippen LogP contribution in [0.25, 0.3) is 0 Å². The number of fused-ring (bicyclic) bond motifs is 4. The van der Waals surface area contributed by atoms with Crippen LogP contribution >= 0.6 is 0 Å². The lowest BCUT2D eigenvalue weighted by Crippen LogP contribution is -2.49. The van der Waals surface area contributed by atoms with Gasteiger partial charge in [-0.05, 0) is 62.9 Å². The third-order valence-electron chi connectivity index (χ3n) is 6.88. The highest BCUT2D eigenvalue weighted by Gasteiger charge is 2.46. The number of rotatable bonds is 3. The maximum atomic E-state index is 14.2. The topological polar surface area (TPSA) is 61.8 Å². The molecule has 0 aromatic heterocycles. The first-order valence-electron chi connectivity index (χ1n) is 12.1. The summed E-state index contributed by atoms with van der Waals surface area (Å²) in [7, 11) is 0. The van der Waals surface area contributed by atoms with Crippen molar-refractivity contribution in [3.63, 3.8) is 0 Å². The molecule has 3 aromatic carbocycles. The minimum atomic E-state index is -0.736. The van der Waals surface area contributed by atoms with Gasteiger partial charge in [0.05, 0.1) is 11.1 Å². The van der Waals surface area contributed by atoms with Gasteiger partial charge in [0.15, 0.2) is 0 Å². The van der Waals surface area contributed by atoms with Crippen molar-refractivity contribution < 1.29 is 9.59 Å². The number of nitrogens with one attached hydrogen (secondary N) is 1. The van der Waals surface area contributed by atoms with E-state index in [4.69, 9.17) is 4.99 Å². The molecule has 5 rings (SSSR count). The average Bonchev–Trinajstić information content (AvgIpc) is 3.15. The van der Waals surface area contributed by atoms with Crippen LogP contribution in [0.5, 0.6) is 0 Å². The van der Waals surface area contributed by atoms with Gasteiger partial charge < -0.3 is 10.2 Å². The van der Waals surface area contributed by atoms with Crippen molar-refractivity contribution in [2.75, 3.05) is 6.54 Å². The summed E-state index contributed by atoms with van der Waals surface area (Å²) in [5.41, 5.74) is 4.50. The lowest BCUT2D eigenvalue weighted by molar-refractivity contribution is -0.127. The largest absolute Gasteiger partial charge is 0.349 e. The van der Waals surface area contributed by atoms with E-state index >= 15 is 0 Å². The van der Waals surface area contributed by atoms with Crippen molar-refractivity contribution in [2.45, 2.75) is 51.1 Å². The summed E-state index contributed by atoms with van der Waals surface area (Å²) in [5, 5.41) is 3.11. The summed E-state index contributed by atoms with van der Waals surface area (Å²) >= 11 is 0. The molecule has 2 aliphatic heterocycles. The minimum absolute atomic E-state index is 0.128. The molecule has 35 heavy (non-hydrogen) atoms. The number of aryl methyl sites for hydroxylation is 1. The van der Waals surface area contributed by atoms with Crippen molar-refractivity contribution >= 4 is 23.7 Å². The second-order valence-electron chi connectivity index (χ2n) is 10.6. The molecule has 1 spiro atoms. The van der Waals surface area contributed by atoms with Crippen LogP contribution in [0.15, 0.2) is 77.8 Å². The lowest BCUT2D eigenvalue weighted by atomic mass is 9.72. The van der Waals surface area contributed by atoms with E-state index in [0.717, 1.165) is 27.9 Å². The van der Waals surface area contributed by atoms with E-state index < -0.39 is 17.0 Å². The zero-order valence-corrected chi connectivity index (χ0v) is 20.7. The predicted octanol–water partition coefficient (Wildman–Crippen LogP) is 5.50. The third-order valence-corrected chi connectivity index (χ3v) is 6.88. The summed E-state index contributed by atoms with van der Waals surface area (Å²) in [4.78, 5) is 34.4. The van der Waals surface area contributed by atoms with Gasteiger partial charge in [0, 0.05) is 23.9 Å². The van der Waals surface area contributed by atoms with Gasteiger partial charge in [-0.25, -0.2) is 0 Å². The van der Waals surface area contributed by atoms with Gasteiger partial charge in [0.25, 0.3) is 5.91 Å². The molecule has 2 amide bonds. The Balaban J connectivity index is 1.66. The Kier molecular flexibility index (Phi) is 5.59. The smallest absolute Gasteiger partial charge is 0.255 e. The number of hydrogen-bond acceptors (Lipinski definition) is 3. The normalized spacial score (nSPS) is 19.8. The summed E-state index contributed by atoms with van der Waals surface area (Å²) in [6.07, 6.45) is 2.64. The van der Waals surface area contributed by atoms with Crippen LogP contribution in [-0.4, -0.2) is 35.0 Å². The quantitative estimate of drug-likeness (QED) is 0.555. The van der Waals surface area contributed by atoms with Crippen LogP contribution in [0.2, 0.25) is 0 Å². The van der Waals surface area contributed by atoms with Gasteiger partial charge in [-0.15, -0.1) is 0 Å². The maximum absolute atomic E-state index is 14.2. The SMILES string of the molecule is Cc1ccc2c(c1)C(=O)N(C(C(=O)NC(C)(C)C)c1ccccc1)CCC21C=Nc2ccccc21. The van der Waals surface area contributed by atoms with Gasteiger partial charge in [-0.1, -0.05) is 66.2 Å². The van der Waals surface area contributed by atoms with Gasteiger partial charge in [-0.2, -0.15) is 0 Å². The van der Waals surface area contributed by atoms with E-state index in [0.29, 0.717) is 18.5 Å². The standard InChI is InChI=1S/C30H31N3O2/c1-20-14-15-23-22(18-20)28(35)33(17-16-30(23)19-31-25-13-9-8-12-24(25)30)26(21-10-6-5-7-11-21)27(34)32-29(2,3)4/h5-15,18-19,26H,16-17H2,1-4H3,(H,32,34). The summed E-state index contributed by atoms with van der Waals surface area (Å²) < 4.78 is 0. The van der Waals surface area contributed by atoms with E-state index in [2.05, 4.69) is 23.5 Å². The van der Waals surface area contributed by atoms with Crippen molar-refractivity contribution in [2.24, 2.45) is 4.99 Å². The van der Waals surface area contributed by atoms with E-state index in [1.165, 1.54) is 0 Å². The molecule has 5 heteroatoms. The fourth-order valence-electron chi connectivity index (χ4n) is 5.33. The molecule has 2 aliphatic rings. The molecule has 0 radical (unpaired) electrons. The second-order valence-corrected chi connectivity index (χ2v) is 10.6. The maximum Gasteiger partial charge on any atom is 0.255 e. The number of benzene rings is 3. The molecule has 2 atom stereocenters. The van der Waals surface area contributed by atoms with Gasteiger partial charge in [0.1, 0.15) is 6.04 Å². The third kappa shape index (κ3) is 4.05. The van der Waals surface area contributed by atoms with Crippen LogP contribution in [0.4, 0.5) is 5.69 Å². The molecule has 0 saturated carbocycles. The Bertz CT molecular complexity index is 1320. The molecule has 0 saturated heterocycles. The molecular weight excluding hydrogens is 434 g/mol. The molecule has 5 nitrogen and oxygen atoms in total. The Morgan fingerprint density at radius 2 is 1.71 bits per heavy atom. The Morgan fingerprint density at radius 1 is 1.00 bits per heavy atom.